The molecule has 2 heteroatoms. The van der Waals surface area contributed by atoms with E-state index in [1.807, 2.05) is 6.07 Å². The van der Waals surface area contributed by atoms with Crippen LogP contribution in [0.15, 0.2) is 54.6 Å². The van der Waals surface area contributed by atoms with Crippen LogP contribution in [0.4, 0.5) is 0 Å². The van der Waals surface area contributed by atoms with E-state index in [0.29, 0.717) is 12.5 Å². The molecule has 1 aliphatic carbocycles. The topological polar surface area (TPSA) is 29.1 Å². The van der Waals surface area contributed by atoms with Crippen molar-refractivity contribution >= 4 is 5.91 Å². The van der Waals surface area contributed by atoms with E-state index in [1.54, 1.807) is 0 Å². The summed E-state index contributed by atoms with van der Waals surface area (Å²) in [7, 11) is 0. The van der Waals surface area contributed by atoms with Crippen molar-refractivity contribution in [3.63, 3.8) is 0 Å². The van der Waals surface area contributed by atoms with Gasteiger partial charge in [0.15, 0.2) is 0 Å². The van der Waals surface area contributed by atoms with Gasteiger partial charge in [-0.15, -0.1) is 0 Å². The highest BCUT2D eigenvalue weighted by Gasteiger charge is 2.16. The van der Waals surface area contributed by atoms with Gasteiger partial charge in [0.2, 0.25) is 5.91 Å². The number of amides is 1. The fourth-order valence-corrected chi connectivity index (χ4v) is 3.12. The molecule has 114 valence electrons. The number of carbonyl (C=O) groups excluding carboxylic acids is 1. The van der Waals surface area contributed by atoms with Crippen molar-refractivity contribution in [1.82, 2.24) is 5.32 Å². The van der Waals surface area contributed by atoms with Crippen molar-refractivity contribution < 1.29 is 4.79 Å². The van der Waals surface area contributed by atoms with Crippen LogP contribution in [-0.4, -0.2) is 11.9 Å². The number of rotatable bonds is 5. The number of benzene rings is 2. The predicted molar refractivity (Wildman–Crippen MR) is 90.6 cm³/mol. The van der Waals surface area contributed by atoms with Gasteiger partial charge in [0.25, 0.3) is 0 Å². The summed E-state index contributed by atoms with van der Waals surface area (Å²) in [6.07, 6.45) is 6.21. The van der Waals surface area contributed by atoms with Crippen LogP contribution in [0.3, 0.4) is 0 Å². The molecule has 0 atom stereocenters. The Morgan fingerprint density at radius 3 is 2.23 bits per heavy atom. The van der Waals surface area contributed by atoms with E-state index in [-0.39, 0.29) is 5.91 Å². The van der Waals surface area contributed by atoms with Gasteiger partial charge in [-0.25, -0.2) is 0 Å². The Bertz CT molecular complexity index is 597. The SMILES string of the molecule is O=C(CCc1ccc(-c2ccccc2)cc1)NC1CCCC1. The summed E-state index contributed by atoms with van der Waals surface area (Å²) in [4.78, 5) is 11.9. The van der Waals surface area contributed by atoms with Crippen LogP contribution in [-0.2, 0) is 11.2 Å². The summed E-state index contributed by atoms with van der Waals surface area (Å²) in [6.45, 7) is 0. The Hall–Kier alpha value is -2.09. The normalized spacial score (nSPS) is 14.9. The van der Waals surface area contributed by atoms with Gasteiger partial charge in [0.05, 0.1) is 0 Å². The zero-order valence-corrected chi connectivity index (χ0v) is 12.9. The standard InChI is InChI=1S/C20H23NO/c22-20(21-19-8-4-5-9-19)15-12-16-10-13-18(14-11-16)17-6-2-1-3-7-17/h1-3,6-7,10-11,13-14,19H,4-5,8-9,12,15H2,(H,21,22). The van der Waals surface area contributed by atoms with Crippen LogP contribution in [0.1, 0.15) is 37.7 Å². The van der Waals surface area contributed by atoms with Crippen LogP contribution in [0.25, 0.3) is 11.1 Å². The molecule has 0 heterocycles. The minimum absolute atomic E-state index is 0.194. The molecule has 1 fully saturated rings. The van der Waals surface area contributed by atoms with E-state index in [0.717, 1.165) is 19.3 Å². The van der Waals surface area contributed by atoms with Gasteiger partial charge in [-0.2, -0.15) is 0 Å². The third-order valence-electron chi connectivity index (χ3n) is 4.42. The first kappa shape index (κ1) is 14.8. The number of hydrogen-bond donors (Lipinski definition) is 1. The van der Waals surface area contributed by atoms with E-state index < -0.39 is 0 Å². The summed E-state index contributed by atoms with van der Waals surface area (Å²) in [5.41, 5.74) is 3.68. The third-order valence-corrected chi connectivity index (χ3v) is 4.42. The molecule has 1 saturated carbocycles. The lowest BCUT2D eigenvalue weighted by atomic mass is 10.0. The van der Waals surface area contributed by atoms with Crippen molar-refractivity contribution in [3.8, 4) is 11.1 Å². The summed E-state index contributed by atoms with van der Waals surface area (Å²) in [6, 6.07) is 19.3. The Morgan fingerprint density at radius 1 is 0.909 bits per heavy atom. The highest BCUT2D eigenvalue weighted by atomic mass is 16.1. The lowest BCUT2D eigenvalue weighted by Gasteiger charge is -2.11. The van der Waals surface area contributed by atoms with Crippen LogP contribution < -0.4 is 5.32 Å². The highest BCUT2D eigenvalue weighted by Crippen LogP contribution is 2.20. The van der Waals surface area contributed by atoms with E-state index in [2.05, 4.69) is 53.8 Å². The molecule has 2 nitrogen and oxygen atoms in total. The van der Waals surface area contributed by atoms with Gasteiger partial charge in [-0.3, -0.25) is 4.79 Å². The summed E-state index contributed by atoms with van der Waals surface area (Å²) in [5.74, 6) is 0.194. The number of carbonyl (C=O) groups is 1. The quantitative estimate of drug-likeness (QED) is 0.872. The Morgan fingerprint density at radius 2 is 1.55 bits per heavy atom. The smallest absolute Gasteiger partial charge is 0.220 e. The van der Waals surface area contributed by atoms with Crippen molar-refractivity contribution in [3.05, 3.63) is 60.2 Å². The average Bonchev–Trinajstić information content (AvgIpc) is 3.07. The minimum Gasteiger partial charge on any atom is -0.353 e. The van der Waals surface area contributed by atoms with Gasteiger partial charge in [-0.05, 0) is 36.0 Å². The maximum absolute atomic E-state index is 11.9. The first-order valence-corrected chi connectivity index (χ1v) is 8.25. The number of hydrogen-bond acceptors (Lipinski definition) is 1. The molecule has 2 aromatic rings. The highest BCUT2D eigenvalue weighted by molar-refractivity contribution is 5.76. The second-order valence-corrected chi connectivity index (χ2v) is 6.11. The maximum atomic E-state index is 11.9. The Balaban J connectivity index is 1.51. The lowest BCUT2D eigenvalue weighted by Crippen LogP contribution is -2.32. The first-order valence-electron chi connectivity index (χ1n) is 8.25. The van der Waals surface area contributed by atoms with Gasteiger partial charge >= 0.3 is 0 Å². The Labute approximate surface area is 132 Å². The second-order valence-electron chi connectivity index (χ2n) is 6.11. The molecule has 0 aromatic heterocycles. The molecule has 3 rings (SSSR count). The van der Waals surface area contributed by atoms with Crippen molar-refractivity contribution in [2.75, 3.05) is 0 Å². The molecule has 0 radical (unpaired) electrons. The molecule has 1 N–H and O–H groups in total. The summed E-state index contributed by atoms with van der Waals surface area (Å²) >= 11 is 0. The van der Waals surface area contributed by atoms with Gasteiger partial charge in [-0.1, -0.05) is 67.4 Å². The van der Waals surface area contributed by atoms with E-state index in [1.165, 1.54) is 29.5 Å². The minimum atomic E-state index is 0.194. The molecule has 2 aromatic carbocycles. The molecule has 1 amide bonds. The molecule has 22 heavy (non-hydrogen) atoms. The molecule has 0 bridgehead atoms. The monoisotopic (exact) mass is 293 g/mol. The van der Waals surface area contributed by atoms with Crippen molar-refractivity contribution in [1.29, 1.82) is 0 Å². The van der Waals surface area contributed by atoms with E-state index in [4.69, 9.17) is 0 Å². The molecular formula is C20H23NO. The zero-order valence-electron chi connectivity index (χ0n) is 12.9. The first-order chi connectivity index (χ1) is 10.8. The maximum Gasteiger partial charge on any atom is 0.220 e. The number of nitrogens with one attached hydrogen (secondary N) is 1. The van der Waals surface area contributed by atoms with Gasteiger partial charge < -0.3 is 5.32 Å². The van der Waals surface area contributed by atoms with E-state index >= 15 is 0 Å². The molecular weight excluding hydrogens is 270 g/mol. The summed E-state index contributed by atoms with van der Waals surface area (Å²) in [5, 5.41) is 3.15. The van der Waals surface area contributed by atoms with E-state index in [9.17, 15) is 4.79 Å². The second kappa shape index (κ2) is 7.26. The zero-order chi connectivity index (χ0) is 15.2. The van der Waals surface area contributed by atoms with Gasteiger partial charge in [0.1, 0.15) is 0 Å². The third kappa shape index (κ3) is 3.97. The molecule has 0 aliphatic heterocycles. The lowest BCUT2D eigenvalue weighted by molar-refractivity contribution is -0.121. The largest absolute Gasteiger partial charge is 0.353 e. The Kier molecular flexibility index (Phi) is 4.89. The van der Waals surface area contributed by atoms with Crippen LogP contribution in [0, 0.1) is 0 Å². The molecule has 0 spiro atoms. The fraction of sp³-hybridized carbons (Fsp3) is 0.350. The molecule has 0 unspecified atom stereocenters. The predicted octanol–water partition coefficient (Wildman–Crippen LogP) is 4.35. The van der Waals surface area contributed by atoms with Crippen molar-refractivity contribution in [2.45, 2.75) is 44.6 Å². The summed E-state index contributed by atoms with van der Waals surface area (Å²) < 4.78 is 0. The fourth-order valence-electron chi connectivity index (χ4n) is 3.12. The molecule has 0 saturated heterocycles. The van der Waals surface area contributed by atoms with Crippen LogP contribution >= 0.6 is 0 Å². The van der Waals surface area contributed by atoms with Gasteiger partial charge in [0, 0.05) is 12.5 Å². The van der Waals surface area contributed by atoms with Crippen LogP contribution in [0.5, 0.6) is 0 Å². The number of aryl methyl sites for hydroxylation is 1. The average molecular weight is 293 g/mol. The van der Waals surface area contributed by atoms with Crippen molar-refractivity contribution in [2.24, 2.45) is 0 Å². The van der Waals surface area contributed by atoms with Crippen LogP contribution in [0.2, 0.25) is 0 Å². The molecule has 1 aliphatic rings.